The minimum atomic E-state index is -0.222. The molecule has 1 heterocycles. The van der Waals surface area contributed by atoms with Crippen LogP contribution in [0.25, 0.3) is 11.3 Å². The molecule has 2 rings (SSSR count). The van der Waals surface area contributed by atoms with Crippen molar-refractivity contribution in [3.8, 4) is 11.3 Å². The summed E-state index contributed by atoms with van der Waals surface area (Å²) in [4.78, 5) is 8.45. The lowest BCUT2D eigenvalue weighted by Gasteiger charge is -2.04. The molecule has 0 saturated heterocycles. The maximum absolute atomic E-state index is 13.4. The third-order valence-electron chi connectivity index (χ3n) is 2.48. The van der Waals surface area contributed by atoms with E-state index in [0.717, 1.165) is 17.9 Å². The van der Waals surface area contributed by atoms with Crippen LogP contribution < -0.4 is 5.32 Å². The molecule has 2 aromatic rings. The van der Waals surface area contributed by atoms with E-state index in [1.165, 1.54) is 6.07 Å². The Balaban J connectivity index is 2.30. The highest BCUT2D eigenvalue weighted by Crippen LogP contribution is 2.19. The second-order valence-corrected chi connectivity index (χ2v) is 3.78. The van der Waals surface area contributed by atoms with Crippen molar-refractivity contribution in [2.45, 2.75) is 13.8 Å². The van der Waals surface area contributed by atoms with Gasteiger partial charge in [-0.15, -0.1) is 0 Å². The van der Waals surface area contributed by atoms with Gasteiger partial charge in [-0.1, -0.05) is 12.1 Å². The number of aryl methyl sites for hydroxylation is 1. The van der Waals surface area contributed by atoms with Gasteiger partial charge in [0.1, 0.15) is 11.6 Å². The molecule has 17 heavy (non-hydrogen) atoms. The van der Waals surface area contributed by atoms with Gasteiger partial charge < -0.3 is 5.32 Å². The molecule has 0 atom stereocenters. The first kappa shape index (κ1) is 11.5. The van der Waals surface area contributed by atoms with Crippen molar-refractivity contribution in [3.05, 3.63) is 42.0 Å². The number of hydrogen-bond acceptors (Lipinski definition) is 3. The average molecular weight is 231 g/mol. The fourth-order valence-electron chi connectivity index (χ4n) is 1.50. The number of hydrogen-bond donors (Lipinski definition) is 1. The summed E-state index contributed by atoms with van der Waals surface area (Å²) in [7, 11) is 0. The Morgan fingerprint density at radius 1 is 1.24 bits per heavy atom. The van der Waals surface area contributed by atoms with Crippen molar-refractivity contribution in [1.29, 1.82) is 0 Å². The van der Waals surface area contributed by atoms with Crippen molar-refractivity contribution in [3.63, 3.8) is 0 Å². The summed E-state index contributed by atoms with van der Waals surface area (Å²) in [5.41, 5.74) is 2.04. The molecular formula is C13H14FN3. The molecule has 0 spiro atoms. The predicted octanol–water partition coefficient (Wildman–Crippen LogP) is 3.02. The van der Waals surface area contributed by atoms with Crippen LogP contribution >= 0.6 is 0 Å². The van der Waals surface area contributed by atoms with Gasteiger partial charge >= 0.3 is 0 Å². The van der Waals surface area contributed by atoms with Crippen LogP contribution in [0.3, 0.4) is 0 Å². The number of benzene rings is 1. The van der Waals surface area contributed by atoms with Crippen molar-refractivity contribution in [2.75, 3.05) is 11.9 Å². The van der Waals surface area contributed by atoms with Crippen LogP contribution in [-0.4, -0.2) is 16.5 Å². The fourth-order valence-corrected chi connectivity index (χ4v) is 1.50. The van der Waals surface area contributed by atoms with Gasteiger partial charge in [0.15, 0.2) is 0 Å². The van der Waals surface area contributed by atoms with Gasteiger partial charge in [0.05, 0.1) is 18.1 Å². The normalized spacial score (nSPS) is 10.3. The SMILES string of the molecule is CCNc1cnc(-c2ccc(C)c(F)c2)cn1. The number of rotatable bonds is 3. The molecule has 0 amide bonds. The van der Waals surface area contributed by atoms with Crippen LogP contribution in [0, 0.1) is 12.7 Å². The number of anilines is 1. The summed E-state index contributed by atoms with van der Waals surface area (Å²) in [5, 5.41) is 3.06. The number of aromatic nitrogens is 2. The standard InChI is InChI=1S/C13H14FN3/c1-3-15-13-8-16-12(7-17-13)10-5-4-9(2)11(14)6-10/h4-8H,3H2,1-2H3,(H,15,17). The fraction of sp³-hybridized carbons (Fsp3) is 0.231. The second kappa shape index (κ2) is 4.91. The van der Waals surface area contributed by atoms with Gasteiger partial charge in [-0.3, -0.25) is 4.98 Å². The predicted molar refractivity (Wildman–Crippen MR) is 66.3 cm³/mol. The van der Waals surface area contributed by atoms with Crippen LogP contribution in [0.1, 0.15) is 12.5 Å². The largest absolute Gasteiger partial charge is 0.369 e. The number of nitrogens with one attached hydrogen (secondary N) is 1. The van der Waals surface area contributed by atoms with E-state index >= 15 is 0 Å². The number of halogens is 1. The van der Waals surface area contributed by atoms with Crippen molar-refractivity contribution < 1.29 is 4.39 Å². The molecule has 0 radical (unpaired) electrons. The molecule has 0 bridgehead atoms. The lowest BCUT2D eigenvalue weighted by atomic mass is 10.1. The molecule has 0 aliphatic heterocycles. The van der Waals surface area contributed by atoms with Crippen LogP contribution in [-0.2, 0) is 0 Å². The number of nitrogens with zero attached hydrogens (tertiary/aromatic N) is 2. The maximum Gasteiger partial charge on any atom is 0.144 e. The van der Waals surface area contributed by atoms with Gasteiger partial charge in [0.2, 0.25) is 0 Å². The second-order valence-electron chi connectivity index (χ2n) is 3.78. The Hall–Kier alpha value is -1.97. The van der Waals surface area contributed by atoms with Gasteiger partial charge in [-0.05, 0) is 25.5 Å². The van der Waals surface area contributed by atoms with Crippen molar-refractivity contribution in [1.82, 2.24) is 9.97 Å². The minimum Gasteiger partial charge on any atom is -0.369 e. The molecule has 0 aliphatic carbocycles. The Bertz CT molecular complexity index is 509. The summed E-state index contributed by atoms with van der Waals surface area (Å²) in [6, 6.07) is 5.06. The van der Waals surface area contributed by atoms with Crippen LogP contribution in [0.2, 0.25) is 0 Å². The highest BCUT2D eigenvalue weighted by Gasteiger charge is 2.03. The van der Waals surface area contributed by atoms with Gasteiger partial charge in [0, 0.05) is 12.1 Å². The van der Waals surface area contributed by atoms with E-state index in [1.54, 1.807) is 25.4 Å². The summed E-state index contributed by atoms with van der Waals surface area (Å²) in [6.07, 6.45) is 3.29. The molecule has 88 valence electrons. The zero-order chi connectivity index (χ0) is 12.3. The minimum absolute atomic E-state index is 0.222. The van der Waals surface area contributed by atoms with E-state index in [4.69, 9.17) is 0 Å². The third-order valence-corrected chi connectivity index (χ3v) is 2.48. The molecule has 0 unspecified atom stereocenters. The first-order chi connectivity index (χ1) is 8.20. The molecule has 1 aromatic heterocycles. The molecule has 3 nitrogen and oxygen atoms in total. The van der Waals surface area contributed by atoms with E-state index < -0.39 is 0 Å². The first-order valence-electron chi connectivity index (χ1n) is 5.53. The highest BCUT2D eigenvalue weighted by atomic mass is 19.1. The zero-order valence-corrected chi connectivity index (χ0v) is 9.87. The molecule has 0 saturated carbocycles. The quantitative estimate of drug-likeness (QED) is 0.882. The lowest BCUT2D eigenvalue weighted by molar-refractivity contribution is 0.619. The maximum atomic E-state index is 13.4. The first-order valence-corrected chi connectivity index (χ1v) is 5.53. The van der Waals surface area contributed by atoms with Gasteiger partial charge in [-0.25, -0.2) is 9.37 Å². The van der Waals surface area contributed by atoms with E-state index in [0.29, 0.717) is 11.3 Å². The molecule has 0 fully saturated rings. The van der Waals surface area contributed by atoms with Gasteiger partial charge in [0.25, 0.3) is 0 Å². The smallest absolute Gasteiger partial charge is 0.144 e. The van der Waals surface area contributed by atoms with Crippen molar-refractivity contribution >= 4 is 5.82 Å². The monoisotopic (exact) mass is 231 g/mol. The summed E-state index contributed by atoms with van der Waals surface area (Å²) < 4.78 is 13.4. The summed E-state index contributed by atoms with van der Waals surface area (Å²) >= 11 is 0. The zero-order valence-electron chi connectivity index (χ0n) is 9.87. The molecular weight excluding hydrogens is 217 g/mol. The Morgan fingerprint density at radius 3 is 2.65 bits per heavy atom. The molecule has 4 heteroatoms. The van der Waals surface area contributed by atoms with Gasteiger partial charge in [-0.2, -0.15) is 0 Å². The Labute approximate surface area is 99.7 Å². The van der Waals surface area contributed by atoms with Crippen LogP contribution in [0.5, 0.6) is 0 Å². The van der Waals surface area contributed by atoms with E-state index in [2.05, 4.69) is 15.3 Å². The molecule has 1 N–H and O–H groups in total. The molecule has 0 aliphatic rings. The summed E-state index contributed by atoms with van der Waals surface area (Å²) in [6.45, 7) is 4.52. The third kappa shape index (κ3) is 2.58. The Kier molecular flexibility index (Phi) is 3.32. The topological polar surface area (TPSA) is 37.8 Å². The van der Waals surface area contributed by atoms with Crippen LogP contribution in [0.15, 0.2) is 30.6 Å². The van der Waals surface area contributed by atoms with Crippen molar-refractivity contribution in [2.24, 2.45) is 0 Å². The molecule has 1 aromatic carbocycles. The van der Waals surface area contributed by atoms with E-state index in [9.17, 15) is 4.39 Å². The summed E-state index contributed by atoms with van der Waals surface area (Å²) in [5.74, 6) is 0.504. The lowest BCUT2D eigenvalue weighted by Crippen LogP contribution is -1.99. The van der Waals surface area contributed by atoms with E-state index in [-0.39, 0.29) is 5.82 Å². The average Bonchev–Trinajstić information content (AvgIpc) is 2.34. The van der Waals surface area contributed by atoms with E-state index in [1.807, 2.05) is 13.0 Å². The highest BCUT2D eigenvalue weighted by molar-refractivity contribution is 5.59. The van der Waals surface area contributed by atoms with Crippen LogP contribution in [0.4, 0.5) is 10.2 Å². The Morgan fingerprint density at radius 2 is 2.06 bits per heavy atom.